The highest BCUT2D eigenvalue weighted by atomic mass is 16.4. The first-order valence-electron chi connectivity index (χ1n) is 5.36. The molecule has 2 N–H and O–H groups in total. The van der Waals surface area contributed by atoms with E-state index in [1.807, 2.05) is 13.0 Å². The molecule has 1 aromatic carbocycles. The minimum absolute atomic E-state index is 0.579. The maximum Gasteiger partial charge on any atom is 0.330 e. The Labute approximate surface area is 100 Å². The fourth-order valence-corrected chi connectivity index (χ4v) is 1.40. The largest absolute Gasteiger partial charge is 0.478 e. The molecule has 0 atom stereocenters. The summed E-state index contributed by atoms with van der Waals surface area (Å²) in [6.45, 7) is 1.98. The monoisotopic (exact) mass is 230 g/mol. The lowest BCUT2D eigenvalue weighted by Gasteiger charge is -2.09. The van der Waals surface area contributed by atoms with Crippen molar-refractivity contribution in [3.8, 4) is 6.07 Å². The third kappa shape index (κ3) is 4.39. The molecule has 0 aliphatic rings. The van der Waals surface area contributed by atoms with Crippen LogP contribution < -0.4 is 5.32 Å². The molecule has 4 heteroatoms. The van der Waals surface area contributed by atoms with Crippen LogP contribution in [0.4, 0.5) is 5.69 Å². The highest BCUT2D eigenvalue weighted by Crippen LogP contribution is 2.14. The van der Waals surface area contributed by atoms with Gasteiger partial charge in [-0.1, -0.05) is 13.3 Å². The molecule has 0 heterocycles. The maximum atomic E-state index is 10.6. The predicted octanol–water partition coefficient (Wildman–Crippen LogP) is 2.74. The fraction of sp³-hybridized carbons (Fsp3) is 0.231. The van der Waals surface area contributed by atoms with Crippen molar-refractivity contribution in [2.24, 2.45) is 0 Å². The van der Waals surface area contributed by atoms with Gasteiger partial charge in [0.1, 0.15) is 0 Å². The van der Waals surface area contributed by atoms with Crippen LogP contribution in [0.1, 0.15) is 25.3 Å². The zero-order chi connectivity index (χ0) is 12.7. The van der Waals surface area contributed by atoms with Gasteiger partial charge in [-0.25, -0.2) is 4.79 Å². The Balaban J connectivity index is 2.79. The molecule has 0 saturated carbocycles. The molecule has 0 aromatic heterocycles. The SMILES string of the molecule is CCC/C(=C\C(=O)O)Nc1ccc(C#N)cc1. The van der Waals surface area contributed by atoms with E-state index in [0.29, 0.717) is 17.7 Å². The Morgan fingerprint density at radius 1 is 1.47 bits per heavy atom. The molecule has 0 radical (unpaired) electrons. The van der Waals surface area contributed by atoms with E-state index in [9.17, 15) is 4.79 Å². The Morgan fingerprint density at radius 3 is 2.59 bits per heavy atom. The van der Waals surface area contributed by atoms with Gasteiger partial charge in [0, 0.05) is 17.5 Å². The molecule has 0 spiro atoms. The van der Waals surface area contributed by atoms with Crippen LogP contribution >= 0.6 is 0 Å². The van der Waals surface area contributed by atoms with Crippen LogP contribution in [0.15, 0.2) is 36.0 Å². The third-order valence-corrected chi connectivity index (χ3v) is 2.14. The second-order valence-electron chi connectivity index (χ2n) is 3.57. The second kappa shape index (κ2) is 6.33. The van der Waals surface area contributed by atoms with Crippen LogP contribution in [0.2, 0.25) is 0 Å². The summed E-state index contributed by atoms with van der Waals surface area (Å²) in [5.74, 6) is -0.963. The normalized spacial score (nSPS) is 10.7. The van der Waals surface area contributed by atoms with Crippen LogP contribution in [0.5, 0.6) is 0 Å². The highest BCUT2D eigenvalue weighted by molar-refractivity contribution is 5.81. The number of carbonyl (C=O) groups is 1. The molecule has 0 amide bonds. The molecule has 0 saturated heterocycles. The van der Waals surface area contributed by atoms with Crippen molar-refractivity contribution in [1.29, 1.82) is 5.26 Å². The topological polar surface area (TPSA) is 73.1 Å². The van der Waals surface area contributed by atoms with Gasteiger partial charge in [-0.15, -0.1) is 0 Å². The van der Waals surface area contributed by atoms with Gasteiger partial charge in [-0.05, 0) is 30.7 Å². The van der Waals surface area contributed by atoms with Gasteiger partial charge in [-0.2, -0.15) is 5.26 Å². The van der Waals surface area contributed by atoms with Crippen molar-refractivity contribution < 1.29 is 9.90 Å². The van der Waals surface area contributed by atoms with Crippen molar-refractivity contribution in [2.75, 3.05) is 5.32 Å². The summed E-state index contributed by atoms with van der Waals surface area (Å²) < 4.78 is 0. The predicted molar refractivity (Wildman–Crippen MR) is 65.4 cm³/mol. The summed E-state index contributed by atoms with van der Waals surface area (Å²) in [7, 11) is 0. The number of allylic oxidation sites excluding steroid dienone is 1. The Morgan fingerprint density at radius 2 is 2.12 bits per heavy atom. The molecule has 1 rings (SSSR count). The molecule has 1 aromatic rings. The van der Waals surface area contributed by atoms with Crippen LogP contribution in [0, 0.1) is 11.3 Å². The number of anilines is 1. The van der Waals surface area contributed by atoms with Crippen LogP contribution in [0.3, 0.4) is 0 Å². The smallest absolute Gasteiger partial charge is 0.330 e. The van der Waals surface area contributed by atoms with Crippen molar-refractivity contribution >= 4 is 11.7 Å². The van der Waals surface area contributed by atoms with Gasteiger partial charge < -0.3 is 10.4 Å². The molecule has 4 nitrogen and oxygen atoms in total. The number of aliphatic carboxylic acids is 1. The van der Waals surface area contributed by atoms with Crippen molar-refractivity contribution in [3.05, 3.63) is 41.6 Å². The third-order valence-electron chi connectivity index (χ3n) is 2.14. The number of benzene rings is 1. The quantitative estimate of drug-likeness (QED) is 0.763. The van der Waals surface area contributed by atoms with Crippen LogP contribution in [-0.2, 0) is 4.79 Å². The zero-order valence-corrected chi connectivity index (χ0v) is 9.60. The zero-order valence-electron chi connectivity index (χ0n) is 9.60. The number of hydrogen-bond acceptors (Lipinski definition) is 3. The Bertz CT molecular complexity index is 455. The lowest BCUT2D eigenvalue weighted by Crippen LogP contribution is -2.03. The van der Waals surface area contributed by atoms with Gasteiger partial charge >= 0.3 is 5.97 Å². The maximum absolute atomic E-state index is 10.6. The van der Waals surface area contributed by atoms with E-state index >= 15 is 0 Å². The number of carboxylic acids is 1. The highest BCUT2D eigenvalue weighted by Gasteiger charge is 2.00. The number of carboxylic acid groups (broad SMARTS) is 1. The van der Waals surface area contributed by atoms with E-state index in [1.165, 1.54) is 6.08 Å². The summed E-state index contributed by atoms with van der Waals surface area (Å²) in [4.78, 5) is 10.6. The van der Waals surface area contributed by atoms with E-state index in [0.717, 1.165) is 12.1 Å². The second-order valence-corrected chi connectivity index (χ2v) is 3.57. The number of nitriles is 1. The Hall–Kier alpha value is -2.28. The van der Waals surface area contributed by atoms with Crippen molar-refractivity contribution in [1.82, 2.24) is 0 Å². The minimum Gasteiger partial charge on any atom is -0.478 e. The number of hydrogen-bond donors (Lipinski definition) is 2. The fourth-order valence-electron chi connectivity index (χ4n) is 1.40. The molecular weight excluding hydrogens is 216 g/mol. The van der Waals surface area contributed by atoms with Crippen LogP contribution in [-0.4, -0.2) is 11.1 Å². The standard InChI is InChI=1S/C13H14N2O2/c1-2-3-12(8-13(16)17)15-11-6-4-10(9-14)5-7-11/h4-8,15H,2-3H2,1H3,(H,16,17)/b12-8+. The molecule has 88 valence electrons. The molecule has 0 fully saturated rings. The lowest BCUT2D eigenvalue weighted by atomic mass is 10.2. The van der Waals surface area contributed by atoms with Gasteiger partial charge in [0.2, 0.25) is 0 Å². The Kier molecular flexibility index (Phi) is 4.77. The summed E-state index contributed by atoms with van der Waals surface area (Å²) >= 11 is 0. The summed E-state index contributed by atoms with van der Waals surface area (Å²) in [5, 5.41) is 20.4. The van der Waals surface area contributed by atoms with Crippen LogP contribution in [0.25, 0.3) is 0 Å². The van der Waals surface area contributed by atoms with E-state index < -0.39 is 5.97 Å². The first kappa shape index (κ1) is 12.8. The summed E-state index contributed by atoms with van der Waals surface area (Å²) in [6.07, 6.45) is 2.70. The van der Waals surface area contributed by atoms with E-state index in [-0.39, 0.29) is 0 Å². The molecular formula is C13H14N2O2. The number of nitrogens with zero attached hydrogens (tertiary/aromatic N) is 1. The van der Waals surface area contributed by atoms with E-state index in [4.69, 9.17) is 10.4 Å². The average Bonchev–Trinajstić information content (AvgIpc) is 2.29. The molecule has 17 heavy (non-hydrogen) atoms. The average molecular weight is 230 g/mol. The molecule has 0 unspecified atom stereocenters. The van der Waals surface area contributed by atoms with E-state index in [2.05, 4.69) is 5.32 Å². The van der Waals surface area contributed by atoms with E-state index in [1.54, 1.807) is 24.3 Å². The minimum atomic E-state index is -0.963. The van der Waals surface area contributed by atoms with Gasteiger partial charge in [0.25, 0.3) is 0 Å². The number of rotatable bonds is 5. The van der Waals surface area contributed by atoms with Crippen molar-refractivity contribution in [3.63, 3.8) is 0 Å². The first-order chi connectivity index (χ1) is 8.15. The summed E-state index contributed by atoms with van der Waals surface area (Å²) in [5.41, 5.74) is 2.02. The van der Waals surface area contributed by atoms with Gasteiger partial charge in [-0.3, -0.25) is 0 Å². The molecule has 0 aliphatic carbocycles. The lowest BCUT2D eigenvalue weighted by molar-refractivity contribution is -0.131. The first-order valence-corrected chi connectivity index (χ1v) is 5.36. The van der Waals surface area contributed by atoms with Gasteiger partial charge in [0.15, 0.2) is 0 Å². The number of nitrogens with one attached hydrogen (secondary N) is 1. The van der Waals surface area contributed by atoms with Gasteiger partial charge in [0.05, 0.1) is 11.6 Å². The molecule has 0 aliphatic heterocycles. The van der Waals surface area contributed by atoms with Crippen molar-refractivity contribution in [2.45, 2.75) is 19.8 Å². The summed E-state index contributed by atoms with van der Waals surface area (Å²) in [6, 6.07) is 8.91. The molecule has 0 bridgehead atoms.